The average molecular weight is 375 g/mol. The van der Waals surface area contributed by atoms with Gasteiger partial charge in [-0.1, -0.05) is 6.92 Å². The standard InChI is InChI=1S/C13H18IN3O2/c1-9-4-5-16(8-10(9)7-15)12-3-2-11(14)6-13(12)17(18)19/h2-3,6,9-10H,4-5,7-8,15H2,1H3. The van der Waals surface area contributed by atoms with Crippen LogP contribution in [-0.2, 0) is 0 Å². The summed E-state index contributed by atoms with van der Waals surface area (Å²) in [4.78, 5) is 13.0. The quantitative estimate of drug-likeness (QED) is 0.501. The molecule has 1 aromatic rings. The highest BCUT2D eigenvalue weighted by atomic mass is 127. The van der Waals surface area contributed by atoms with Gasteiger partial charge in [-0.3, -0.25) is 10.1 Å². The zero-order valence-corrected chi connectivity index (χ0v) is 13.0. The Labute approximate surface area is 126 Å². The Bertz CT molecular complexity index is 481. The summed E-state index contributed by atoms with van der Waals surface area (Å²) in [6, 6.07) is 5.40. The Kier molecular flexibility index (Phi) is 4.62. The molecule has 104 valence electrons. The number of nitro groups is 1. The normalized spacial score (nSPS) is 23.4. The molecule has 2 N–H and O–H groups in total. The van der Waals surface area contributed by atoms with Gasteiger partial charge in [0.25, 0.3) is 5.69 Å². The van der Waals surface area contributed by atoms with Crippen LogP contribution in [0.2, 0.25) is 0 Å². The van der Waals surface area contributed by atoms with E-state index in [1.165, 1.54) is 0 Å². The summed E-state index contributed by atoms with van der Waals surface area (Å²) in [6.45, 7) is 4.51. The van der Waals surface area contributed by atoms with E-state index in [4.69, 9.17) is 5.73 Å². The molecule has 0 saturated carbocycles. The number of halogens is 1. The summed E-state index contributed by atoms with van der Waals surface area (Å²) in [7, 11) is 0. The number of hydrogen-bond donors (Lipinski definition) is 1. The molecule has 0 aromatic heterocycles. The number of nitro benzene ring substituents is 1. The maximum Gasteiger partial charge on any atom is 0.293 e. The fourth-order valence-corrected chi connectivity index (χ4v) is 3.06. The lowest BCUT2D eigenvalue weighted by atomic mass is 9.87. The van der Waals surface area contributed by atoms with Crippen LogP contribution < -0.4 is 10.6 Å². The second-order valence-electron chi connectivity index (χ2n) is 5.10. The van der Waals surface area contributed by atoms with Gasteiger partial charge in [-0.15, -0.1) is 0 Å². The average Bonchev–Trinajstić information content (AvgIpc) is 2.39. The van der Waals surface area contributed by atoms with E-state index >= 15 is 0 Å². The van der Waals surface area contributed by atoms with E-state index in [9.17, 15) is 10.1 Å². The van der Waals surface area contributed by atoms with Crippen molar-refractivity contribution in [3.8, 4) is 0 Å². The summed E-state index contributed by atoms with van der Waals surface area (Å²) in [5, 5.41) is 11.2. The minimum absolute atomic E-state index is 0.192. The van der Waals surface area contributed by atoms with E-state index in [2.05, 4.69) is 34.4 Å². The van der Waals surface area contributed by atoms with Gasteiger partial charge in [0.2, 0.25) is 0 Å². The molecule has 1 heterocycles. The first-order valence-corrected chi connectivity index (χ1v) is 7.49. The lowest BCUT2D eigenvalue weighted by Gasteiger charge is -2.37. The first-order valence-electron chi connectivity index (χ1n) is 6.42. The SMILES string of the molecule is CC1CCN(c2ccc(I)cc2[N+](=O)[O-])CC1CN. The van der Waals surface area contributed by atoms with Crippen molar-refractivity contribution in [2.45, 2.75) is 13.3 Å². The van der Waals surface area contributed by atoms with Crippen molar-refractivity contribution in [3.05, 3.63) is 31.9 Å². The zero-order chi connectivity index (χ0) is 14.0. The van der Waals surface area contributed by atoms with Crippen molar-refractivity contribution in [1.82, 2.24) is 0 Å². The second-order valence-corrected chi connectivity index (χ2v) is 6.34. The summed E-state index contributed by atoms with van der Waals surface area (Å²) >= 11 is 2.10. The van der Waals surface area contributed by atoms with Crippen molar-refractivity contribution >= 4 is 34.0 Å². The largest absolute Gasteiger partial charge is 0.366 e. The molecule has 2 rings (SSSR count). The van der Waals surface area contributed by atoms with Crippen molar-refractivity contribution in [3.63, 3.8) is 0 Å². The van der Waals surface area contributed by atoms with Gasteiger partial charge < -0.3 is 10.6 Å². The lowest BCUT2D eigenvalue weighted by molar-refractivity contribution is -0.384. The topological polar surface area (TPSA) is 72.4 Å². The van der Waals surface area contributed by atoms with Crippen LogP contribution in [0.3, 0.4) is 0 Å². The fraction of sp³-hybridized carbons (Fsp3) is 0.538. The first-order chi connectivity index (χ1) is 9.02. The monoisotopic (exact) mass is 375 g/mol. The minimum Gasteiger partial charge on any atom is -0.366 e. The van der Waals surface area contributed by atoms with Gasteiger partial charge in [0.15, 0.2) is 0 Å². The molecule has 2 unspecified atom stereocenters. The Morgan fingerprint density at radius 1 is 1.58 bits per heavy atom. The number of hydrogen-bond acceptors (Lipinski definition) is 4. The van der Waals surface area contributed by atoms with Crippen LogP contribution in [-0.4, -0.2) is 24.6 Å². The Hall–Kier alpha value is -0.890. The van der Waals surface area contributed by atoms with Crippen LogP contribution in [0.1, 0.15) is 13.3 Å². The van der Waals surface area contributed by atoms with E-state index in [0.717, 1.165) is 28.8 Å². The number of anilines is 1. The Balaban J connectivity index is 2.29. The van der Waals surface area contributed by atoms with Gasteiger partial charge in [-0.25, -0.2) is 0 Å². The van der Waals surface area contributed by atoms with E-state index in [0.29, 0.717) is 18.4 Å². The van der Waals surface area contributed by atoms with Gasteiger partial charge >= 0.3 is 0 Å². The van der Waals surface area contributed by atoms with Crippen molar-refractivity contribution in [1.29, 1.82) is 0 Å². The van der Waals surface area contributed by atoms with E-state index in [1.807, 2.05) is 12.1 Å². The predicted octanol–water partition coefficient (Wildman–Crippen LogP) is 2.62. The van der Waals surface area contributed by atoms with Crippen LogP contribution in [0, 0.1) is 25.5 Å². The van der Waals surface area contributed by atoms with Gasteiger partial charge in [0, 0.05) is 22.7 Å². The molecule has 2 atom stereocenters. The molecule has 0 bridgehead atoms. The number of rotatable bonds is 3. The smallest absolute Gasteiger partial charge is 0.293 e. The third-order valence-corrected chi connectivity index (χ3v) is 4.56. The van der Waals surface area contributed by atoms with E-state index in [1.54, 1.807) is 6.07 Å². The summed E-state index contributed by atoms with van der Waals surface area (Å²) in [5.74, 6) is 0.997. The van der Waals surface area contributed by atoms with Crippen LogP contribution >= 0.6 is 22.6 Å². The van der Waals surface area contributed by atoms with Crippen LogP contribution in [0.25, 0.3) is 0 Å². The molecule has 0 amide bonds. The molecule has 0 spiro atoms. The molecule has 0 radical (unpaired) electrons. The molecular weight excluding hydrogens is 357 g/mol. The first kappa shape index (κ1) is 14.5. The van der Waals surface area contributed by atoms with Crippen LogP contribution in [0.15, 0.2) is 18.2 Å². The Morgan fingerprint density at radius 3 is 2.95 bits per heavy atom. The third-order valence-electron chi connectivity index (χ3n) is 3.89. The molecule has 1 aromatic carbocycles. The number of nitrogens with two attached hydrogens (primary N) is 1. The highest BCUT2D eigenvalue weighted by Crippen LogP contribution is 2.34. The fourth-order valence-electron chi connectivity index (χ4n) is 2.59. The third kappa shape index (κ3) is 3.17. The minimum atomic E-state index is -0.299. The zero-order valence-electron chi connectivity index (χ0n) is 10.9. The number of nitrogens with zero attached hydrogens (tertiary/aromatic N) is 2. The second kappa shape index (κ2) is 6.04. The highest BCUT2D eigenvalue weighted by molar-refractivity contribution is 14.1. The van der Waals surface area contributed by atoms with Gasteiger partial charge in [-0.2, -0.15) is 0 Å². The molecular formula is C13H18IN3O2. The maximum absolute atomic E-state index is 11.2. The Morgan fingerprint density at radius 2 is 2.32 bits per heavy atom. The number of piperidine rings is 1. The molecule has 6 heteroatoms. The molecule has 19 heavy (non-hydrogen) atoms. The molecule has 1 aliphatic heterocycles. The maximum atomic E-state index is 11.2. The van der Waals surface area contributed by atoms with Gasteiger partial charge in [0.05, 0.1) is 4.92 Å². The van der Waals surface area contributed by atoms with E-state index in [-0.39, 0.29) is 10.6 Å². The van der Waals surface area contributed by atoms with Crippen molar-refractivity contribution in [2.75, 3.05) is 24.5 Å². The van der Waals surface area contributed by atoms with Gasteiger partial charge in [0.1, 0.15) is 5.69 Å². The molecule has 5 nitrogen and oxygen atoms in total. The molecule has 0 aliphatic carbocycles. The lowest BCUT2D eigenvalue weighted by Crippen LogP contribution is -2.42. The van der Waals surface area contributed by atoms with E-state index < -0.39 is 0 Å². The van der Waals surface area contributed by atoms with Crippen molar-refractivity contribution < 1.29 is 4.92 Å². The van der Waals surface area contributed by atoms with Crippen LogP contribution in [0.5, 0.6) is 0 Å². The molecule has 1 aliphatic rings. The summed E-state index contributed by atoms with van der Waals surface area (Å²) < 4.78 is 0.883. The molecule has 1 saturated heterocycles. The summed E-state index contributed by atoms with van der Waals surface area (Å²) in [5.41, 5.74) is 6.70. The predicted molar refractivity (Wildman–Crippen MR) is 84.4 cm³/mol. The van der Waals surface area contributed by atoms with Gasteiger partial charge in [-0.05, 0) is 59.5 Å². The summed E-state index contributed by atoms with van der Waals surface area (Å²) in [6.07, 6.45) is 1.03. The highest BCUT2D eigenvalue weighted by Gasteiger charge is 2.28. The molecule has 1 fully saturated rings. The van der Waals surface area contributed by atoms with Crippen LogP contribution in [0.4, 0.5) is 11.4 Å². The number of benzene rings is 1. The van der Waals surface area contributed by atoms with Crippen molar-refractivity contribution in [2.24, 2.45) is 17.6 Å².